The summed E-state index contributed by atoms with van der Waals surface area (Å²) in [6.07, 6.45) is -1.39. The number of rotatable bonds is 2. The maximum atomic E-state index is 13.0. The second-order valence-corrected chi connectivity index (χ2v) is 7.58. The summed E-state index contributed by atoms with van der Waals surface area (Å²) in [6, 6.07) is 19.6. The Hall–Kier alpha value is -3.28. The summed E-state index contributed by atoms with van der Waals surface area (Å²) < 4.78 is 40.6. The summed E-state index contributed by atoms with van der Waals surface area (Å²) in [5.74, 6) is 0.871. The van der Waals surface area contributed by atoms with Crippen molar-refractivity contribution in [3.63, 3.8) is 0 Å². The van der Waals surface area contributed by atoms with Crippen LogP contribution in [0.2, 0.25) is 0 Å². The smallest absolute Gasteiger partial charge is 0.370 e. The van der Waals surface area contributed by atoms with Crippen LogP contribution in [0.5, 0.6) is 0 Å². The first-order valence-electron chi connectivity index (χ1n) is 10.0. The highest BCUT2D eigenvalue weighted by Crippen LogP contribution is 2.36. The second-order valence-electron chi connectivity index (χ2n) is 7.58. The molecule has 0 spiro atoms. The van der Waals surface area contributed by atoms with Crippen LogP contribution in [0.1, 0.15) is 24.0 Å². The van der Waals surface area contributed by atoms with Crippen molar-refractivity contribution in [2.75, 3.05) is 11.9 Å². The van der Waals surface area contributed by atoms with Crippen molar-refractivity contribution in [1.29, 1.82) is 0 Å². The Balaban J connectivity index is 1.64. The normalized spacial score (nSPS) is 14.2. The molecule has 1 aromatic heterocycles. The Morgan fingerprint density at radius 3 is 2.40 bits per heavy atom. The van der Waals surface area contributed by atoms with Gasteiger partial charge in [-0.15, -0.1) is 0 Å². The molecule has 6 heteroatoms. The minimum Gasteiger partial charge on any atom is -0.370 e. The fourth-order valence-electron chi connectivity index (χ4n) is 4.05. The van der Waals surface area contributed by atoms with Crippen molar-refractivity contribution in [3.05, 3.63) is 77.9 Å². The summed E-state index contributed by atoms with van der Waals surface area (Å²) in [4.78, 5) is 0. The fraction of sp³-hybridized carbons (Fsp3) is 0.208. The number of anilines is 1. The number of nitrogens with zero attached hydrogens (tertiary/aromatic N) is 2. The van der Waals surface area contributed by atoms with Crippen LogP contribution in [-0.4, -0.2) is 16.3 Å². The van der Waals surface area contributed by atoms with E-state index in [-0.39, 0.29) is 0 Å². The minimum absolute atomic E-state index is 0.612. The second kappa shape index (κ2) is 7.20. The standard InChI is InChI=1S/C24H20F3N3/c25-24(26,27)19-10-12-20(13-11-19)30-23-21(7-3-4-14-28-23)22(29-30)18-9-8-16-5-1-2-6-17(16)15-18/h1-2,5-6,8-13,15,28H,3-4,7,14H2. The third-order valence-corrected chi connectivity index (χ3v) is 5.59. The Bertz CT molecular complexity index is 1210. The predicted molar refractivity (Wildman–Crippen MR) is 113 cm³/mol. The number of hydrogen-bond donors (Lipinski definition) is 1. The molecule has 1 aliphatic rings. The Morgan fingerprint density at radius 1 is 0.867 bits per heavy atom. The van der Waals surface area contributed by atoms with Crippen LogP contribution >= 0.6 is 0 Å². The molecule has 3 aromatic carbocycles. The third kappa shape index (κ3) is 3.32. The first-order chi connectivity index (χ1) is 14.5. The molecule has 5 rings (SSSR count). The molecular formula is C24H20F3N3. The van der Waals surface area contributed by atoms with Crippen molar-refractivity contribution in [2.24, 2.45) is 0 Å². The van der Waals surface area contributed by atoms with Gasteiger partial charge >= 0.3 is 6.18 Å². The quantitative estimate of drug-likeness (QED) is 0.413. The van der Waals surface area contributed by atoms with Gasteiger partial charge in [-0.3, -0.25) is 0 Å². The van der Waals surface area contributed by atoms with E-state index in [0.29, 0.717) is 5.69 Å². The van der Waals surface area contributed by atoms with E-state index in [0.717, 1.165) is 71.4 Å². The van der Waals surface area contributed by atoms with Crippen molar-refractivity contribution in [1.82, 2.24) is 9.78 Å². The zero-order valence-corrected chi connectivity index (χ0v) is 16.2. The number of benzene rings is 3. The highest BCUT2D eigenvalue weighted by Gasteiger charge is 2.30. The molecule has 152 valence electrons. The van der Waals surface area contributed by atoms with Gasteiger partial charge in [0.2, 0.25) is 0 Å². The van der Waals surface area contributed by atoms with E-state index < -0.39 is 11.7 Å². The number of nitrogens with one attached hydrogen (secondary N) is 1. The number of halogens is 3. The van der Waals surface area contributed by atoms with Crippen LogP contribution in [0.4, 0.5) is 19.0 Å². The molecule has 0 atom stereocenters. The van der Waals surface area contributed by atoms with Gasteiger partial charge in [-0.05, 0) is 60.4 Å². The van der Waals surface area contributed by atoms with Gasteiger partial charge in [-0.1, -0.05) is 36.4 Å². The van der Waals surface area contributed by atoms with Crippen LogP contribution in [0.3, 0.4) is 0 Å². The van der Waals surface area contributed by atoms with Gasteiger partial charge in [-0.2, -0.15) is 18.3 Å². The summed E-state index contributed by atoms with van der Waals surface area (Å²) in [5, 5.41) is 10.6. The lowest BCUT2D eigenvalue weighted by atomic mass is 10.0. The molecule has 1 N–H and O–H groups in total. The van der Waals surface area contributed by atoms with Gasteiger partial charge in [0.05, 0.1) is 16.9 Å². The molecule has 0 fully saturated rings. The highest BCUT2D eigenvalue weighted by atomic mass is 19.4. The highest BCUT2D eigenvalue weighted by molar-refractivity contribution is 5.87. The molecule has 0 unspecified atom stereocenters. The molecule has 0 radical (unpaired) electrons. The largest absolute Gasteiger partial charge is 0.416 e. The van der Waals surface area contributed by atoms with Crippen molar-refractivity contribution < 1.29 is 13.2 Å². The monoisotopic (exact) mass is 407 g/mol. The van der Waals surface area contributed by atoms with Gasteiger partial charge in [0.25, 0.3) is 0 Å². The van der Waals surface area contributed by atoms with Crippen molar-refractivity contribution in [3.8, 4) is 16.9 Å². The number of fused-ring (bicyclic) bond motifs is 2. The van der Waals surface area contributed by atoms with E-state index in [1.54, 1.807) is 4.68 Å². The van der Waals surface area contributed by atoms with Crippen LogP contribution in [0.15, 0.2) is 66.7 Å². The minimum atomic E-state index is -4.35. The van der Waals surface area contributed by atoms with E-state index in [4.69, 9.17) is 5.10 Å². The lowest BCUT2D eigenvalue weighted by Crippen LogP contribution is -2.08. The molecule has 2 heterocycles. The molecule has 4 aromatic rings. The Labute approximate surface area is 172 Å². The van der Waals surface area contributed by atoms with Gasteiger partial charge < -0.3 is 5.32 Å². The van der Waals surface area contributed by atoms with Crippen molar-refractivity contribution >= 4 is 16.6 Å². The van der Waals surface area contributed by atoms with E-state index in [1.807, 2.05) is 12.1 Å². The molecule has 0 amide bonds. The topological polar surface area (TPSA) is 29.9 Å². The molecule has 3 nitrogen and oxygen atoms in total. The summed E-state index contributed by atoms with van der Waals surface area (Å²) >= 11 is 0. The van der Waals surface area contributed by atoms with Crippen LogP contribution < -0.4 is 5.32 Å². The Morgan fingerprint density at radius 2 is 1.63 bits per heavy atom. The average molecular weight is 407 g/mol. The zero-order chi connectivity index (χ0) is 20.7. The molecule has 0 saturated heterocycles. The molecule has 0 saturated carbocycles. The molecule has 30 heavy (non-hydrogen) atoms. The van der Waals surface area contributed by atoms with Crippen LogP contribution in [0, 0.1) is 0 Å². The first kappa shape index (κ1) is 18.7. The summed E-state index contributed by atoms with van der Waals surface area (Å²) in [5.41, 5.74) is 2.96. The fourth-order valence-corrected chi connectivity index (χ4v) is 4.05. The molecule has 0 bridgehead atoms. The van der Waals surface area contributed by atoms with Gasteiger partial charge in [0, 0.05) is 17.7 Å². The number of alkyl halides is 3. The van der Waals surface area contributed by atoms with E-state index >= 15 is 0 Å². The third-order valence-electron chi connectivity index (χ3n) is 5.59. The van der Waals surface area contributed by atoms with Gasteiger partial charge in [0.15, 0.2) is 0 Å². The first-order valence-corrected chi connectivity index (χ1v) is 10.0. The van der Waals surface area contributed by atoms with E-state index in [1.165, 1.54) is 12.1 Å². The Kier molecular flexibility index (Phi) is 4.50. The maximum absolute atomic E-state index is 13.0. The van der Waals surface area contributed by atoms with Crippen molar-refractivity contribution in [2.45, 2.75) is 25.4 Å². The number of hydrogen-bond acceptors (Lipinski definition) is 2. The average Bonchev–Trinajstić information content (AvgIpc) is 2.93. The molecule has 0 aliphatic carbocycles. The van der Waals surface area contributed by atoms with E-state index in [2.05, 4.69) is 35.6 Å². The SMILES string of the molecule is FC(F)(F)c1ccc(-n2nc(-c3ccc4ccccc4c3)c3c2NCCCC3)cc1. The number of aromatic nitrogens is 2. The molecular weight excluding hydrogens is 387 g/mol. The van der Waals surface area contributed by atoms with Crippen LogP contribution in [-0.2, 0) is 12.6 Å². The lowest BCUT2D eigenvalue weighted by Gasteiger charge is -2.11. The predicted octanol–water partition coefficient (Wildman–Crippen LogP) is 6.46. The molecule has 1 aliphatic heterocycles. The van der Waals surface area contributed by atoms with Gasteiger partial charge in [0.1, 0.15) is 5.82 Å². The maximum Gasteiger partial charge on any atom is 0.416 e. The van der Waals surface area contributed by atoms with Gasteiger partial charge in [-0.25, -0.2) is 4.68 Å². The van der Waals surface area contributed by atoms with Crippen LogP contribution in [0.25, 0.3) is 27.7 Å². The summed E-state index contributed by atoms with van der Waals surface area (Å²) in [7, 11) is 0. The lowest BCUT2D eigenvalue weighted by molar-refractivity contribution is -0.137. The zero-order valence-electron chi connectivity index (χ0n) is 16.2. The van der Waals surface area contributed by atoms with E-state index in [9.17, 15) is 13.2 Å². The summed E-state index contributed by atoms with van der Waals surface area (Å²) in [6.45, 7) is 0.816.